The van der Waals surface area contributed by atoms with Gasteiger partial charge in [-0.25, -0.2) is 9.37 Å². The summed E-state index contributed by atoms with van der Waals surface area (Å²) in [5.41, 5.74) is 2.85. The van der Waals surface area contributed by atoms with Gasteiger partial charge in [0.25, 0.3) is 0 Å². The minimum absolute atomic E-state index is 0.246. The van der Waals surface area contributed by atoms with Gasteiger partial charge in [-0.05, 0) is 37.0 Å². The largest absolute Gasteiger partial charge is 0.426 e. The maximum atomic E-state index is 14.8. The van der Waals surface area contributed by atoms with Crippen LogP contribution in [0.25, 0.3) is 21.0 Å². The van der Waals surface area contributed by atoms with Crippen LogP contribution in [-0.4, -0.2) is 11.0 Å². The van der Waals surface area contributed by atoms with Crippen molar-refractivity contribution in [3.8, 4) is 26.8 Å². The van der Waals surface area contributed by atoms with Crippen molar-refractivity contribution in [3.05, 3.63) is 60.0 Å². The zero-order valence-corrected chi connectivity index (χ0v) is 20.6. The highest BCUT2D eigenvalue weighted by molar-refractivity contribution is 7.18. The molecule has 0 aliphatic carbocycles. The van der Waals surface area contributed by atoms with Crippen molar-refractivity contribution in [2.45, 2.75) is 78.1 Å². The SMILES string of the molecule is CCCCCCC(=O)Oc1ccc(-c2cnc(-c3ccc(CCCCCC)cc3)s2)c(F)c1. The highest BCUT2D eigenvalue weighted by atomic mass is 32.1. The van der Waals surface area contributed by atoms with Crippen molar-refractivity contribution in [2.24, 2.45) is 0 Å². The number of hydrogen-bond acceptors (Lipinski definition) is 4. The normalized spacial score (nSPS) is 11.0. The fourth-order valence-corrected chi connectivity index (χ4v) is 4.69. The second-order valence-corrected chi connectivity index (χ2v) is 9.49. The van der Waals surface area contributed by atoms with Gasteiger partial charge in [0.05, 0.1) is 4.88 Å². The summed E-state index contributed by atoms with van der Waals surface area (Å²) in [6, 6.07) is 13.1. The smallest absolute Gasteiger partial charge is 0.311 e. The maximum Gasteiger partial charge on any atom is 0.311 e. The van der Waals surface area contributed by atoms with E-state index in [0.29, 0.717) is 12.0 Å². The molecule has 0 radical (unpaired) electrons. The number of esters is 1. The number of aryl methyl sites for hydroxylation is 1. The van der Waals surface area contributed by atoms with Gasteiger partial charge in [0.1, 0.15) is 16.6 Å². The molecule has 0 aliphatic rings. The molecule has 0 unspecified atom stereocenters. The molecule has 0 fully saturated rings. The van der Waals surface area contributed by atoms with Gasteiger partial charge in [0, 0.05) is 29.8 Å². The lowest BCUT2D eigenvalue weighted by Crippen LogP contribution is -2.07. The molecule has 2 aromatic carbocycles. The van der Waals surface area contributed by atoms with Crippen LogP contribution in [0.4, 0.5) is 4.39 Å². The molecule has 3 aromatic rings. The van der Waals surface area contributed by atoms with Crippen LogP contribution in [0.5, 0.6) is 5.75 Å². The third kappa shape index (κ3) is 7.78. The van der Waals surface area contributed by atoms with E-state index in [1.807, 2.05) is 0 Å². The Morgan fingerprint density at radius 2 is 1.67 bits per heavy atom. The lowest BCUT2D eigenvalue weighted by molar-refractivity contribution is -0.134. The minimum Gasteiger partial charge on any atom is -0.426 e. The van der Waals surface area contributed by atoms with Gasteiger partial charge in [-0.1, -0.05) is 76.6 Å². The van der Waals surface area contributed by atoms with E-state index >= 15 is 0 Å². The van der Waals surface area contributed by atoms with Crippen LogP contribution < -0.4 is 4.74 Å². The summed E-state index contributed by atoms with van der Waals surface area (Å²) >= 11 is 1.46. The molecule has 0 bridgehead atoms. The van der Waals surface area contributed by atoms with Crippen molar-refractivity contribution in [2.75, 3.05) is 0 Å². The first kappa shape index (κ1) is 25.1. The van der Waals surface area contributed by atoms with Gasteiger partial charge < -0.3 is 4.74 Å². The Morgan fingerprint density at radius 1 is 0.939 bits per heavy atom. The Morgan fingerprint density at radius 3 is 2.36 bits per heavy atom. The summed E-state index contributed by atoms with van der Waals surface area (Å²) in [4.78, 5) is 17.2. The Bertz CT molecular complexity index is 1010. The van der Waals surface area contributed by atoms with Crippen molar-refractivity contribution in [1.29, 1.82) is 0 Å². The summed E-state index contributed by atoms with van der Waals surface area (Å²) in [6.07, 6.45) is 12.2. The molecule has 3 rings (SSSR count). The second-order valence-electron chi connectivity index (χ2n) is 8.46. The van der Waals surface area contributed by atoms with Crippen molar-refractivity contribution in [3.63, 3.8) is 0 Å². The topological polar surface area (TPSA) is 39.2 Å². The quantitative estimate of drug-likeness (QED) is 0.143. The molecule has 0 atom stereocenters. The van der Waals surface area contributed by atoms with Crippen molar-refractivity contribution >= 4 is 17.3 Å². The van der Waals surface area contributed by atoms with E-state index in [4.69, 9.17) is 4.74 Å². The maximum absolute atomic E-state index is 14.8. The summed E-state index contributed by atoms with van der Waals surface area (Å²) < 4.78 is 20.1. The first-order valence-corrected chi connectivity index (χ1v) is 13.0. The molecule has 1 heterocycles. The molecule has 176 valence electrons. The minimum atomic E-state index is -0.413. The van der Waals surface area contributed by atoms with Crippen LogP contribution in [0, 0.1) is 5.82 Å². The second kappa shape index (κ2) is 13.2. The predicted octanol–water partition coefficient (Wildman–Crippen LogP) is 8.61. The zero-order chi connectivity index (χ0) is 23.5. The van der Waals surface area contributed by atoms with Crippen LogP contribution in [0.2, 0.25) is 0 Å². The van der Waals surface area contributed by atoms with Crippen molar-refractivity contribution < 1.29 is 13.9 Å². The summed E-state index contributed by atoms with van der Waals surface area (Å²) in [5, 5.41) is 0.865. The van der Waals surface area contributed by atoms with Crippen LogP contribution >= 0.6 is 11.3 Å². The molecule has 0 amide bonds. The third-order valence-corrected chi connectivity index (χ3v) is 6.78. The summed E-state index contributed by atoms with van der Waals surface area (Å²) in [7, 11) is 0. The number of thiazole rings is 1. The van der Waals surface area contributed by atoms with E-state index in [1.165, 1.54) is 48.6 Å². The van der Waals surface area contributed by atoms with Gasteiger partial charge in [0.15, 0.2) is 0 Å². The molecule has 0 saturated heterocycles. The standard InChI is InChI=1S/C28H34FNO2S/c1-3-5-7-9-11-21-13-15-22(16-14-21)28-30-20-26(33-28)24-18-17-23(19-25(24)29)32-27(31)12-10-8-6-4-2/h13-20H,3-12H2,1-2H3. The molecule has 0 saturated carbocycles. The van der Waals surface area contributed by atoms with Crippen LogP contribution in [0.3, 0.4) is 0 Å². The number of carbonyl (C=O) groups is 1. The first-order chi connectivity index (χ1) is 16.1. The summed E-state index contributed by atoms with van der Waals surface area (Å²) in [6.45, 7) is 4.35. The number of benzene rings is 2. The Labute approximate surface area is 201 Å². The van der Waals surface area contributed by atoms with E-state index in [1.54, 1.807) is 18.3 Å². The monoisotopic (exact) mass is 467 g/mol. The highest BCUT2D eigenvalue weighted by Crippen LogP contribution is 2.34. The first-order valence-electron chi connectivity index (χ1n) is 12.2. The predicted molar refractivity (Wildman–Crippen MR) is 135 cm³/mol. The number of rotatable bonds is 13. The fourth-order valence-electron chi connectivity index (χ4n) is 3.74. The van der Waals surface area contributed by atoms with Gasteiger partial charge in [-0.3, -0.25) is 4.79 Å². The van der Waals surface area contributed by atoms with Gasteiger partial charge in [0.2, 0.25) is 0 Å². The number of carbonyl (C=O) groups excluding carboxylic acids is 1. The Balaban J connectivity index is 1.60. The third-order valence-electron chi connectivity index (χ3n) is 5.70. The van der Waals surface area contributed by atoms with Crippen LogP contribution in [0.1, 0.15) is 77.2 Å². The number of unbranched alkanes of at least 4 members (excludes halogenated alkanes) is 6. The van der Waals surface area contributed by atoms with Crippen LogP contribution in [-0.2, 0) is 11.2 Å². The van der Waals surface area contributed by atoms with E-state index < -0.39 is 5.82 Å². The van der Waals surface area contributed by atoms with E-state index in [-0.39, 0.29) is 11.7 Å². The van der Waals surface area contributed by atoms with E-state index in [9.17, 15) is 9.18 Å². The van der Waals surface area contributed by atoms with Gasteiger partial charge >= 0.3 is 5.97 Å². The lowest BCUT2D eigenvalue weighted by Gasteiger charge is -2.06. The lowest BCUT2D eigenvalue weighted by atomic mass is 10.0. The molecule has 1 aromatic heterocycles. The molecule has 33 heavy (non-hydrogen) atoms. The Kier molecular flexibility index (Phi) is 10.1. The van der Waals surface area contributed by atoms with E-state index in [0.717, 1.165) is 47.6 Å². The molecule has 0 N–H and O–H groups in total. The molecule has 0 aliphatic heterocycles. The highest BCUT2D eigenvalue weighted by Gasteiger charge is 2.13. The molecule has 0 spiro atoms. The number of aromatic nitrogens is 1. The van der Waals surface area contributed by atoms with Gasteiger partial charge in [-0.15, -0.1) is 11.3 Å². The van der Waals surface area contributed by atoms with Crippen LogP contribution in [0.15, 0.2) is 48.7 Å². The molecular weight excluding hydrogens is 433 g/mol. The zero-order valence-electron chi connectivity index (χ0n) is 19.7. The van der Waals surface area contributed by atoms with Gasteiger partial charge in [-0.2, -0.15) is 0 Å². The average Bonchev–Trinajstić information content (AvgIpc) is 3.30. The molecule has 3 nitrogen and oxygen atoms in total. The number of nitrogens with zero attached hydrogens (tertiary/aromatic N) is 1. The molecular formula is C28H34FNO2S. The van der Waals surface area contributed by atoms with E-state index in [2.05, 4.69) is 43.1 Å². The number of hydrogen-bond donors (Lipinski definition) is 0. The average molecular weight is 468 g/mol. The Hall–Kier alpha value is -2.53. The molecule has 5 heteroatoms. The van der Waals surface area contributed by atoms with Crippen molar-refractivity contribution in [1.82, 2.24) is 4.98 Å². The summed E-state index contributed by atoms with van der Waals surface area (Å²) in [5.74, 6) is -0.480. The fraction of sp³-hybridized carbons (Fsp3) is 0.429. The number of ether oxygens (including phenoxy) is 1. The number of halogens is 1.